The van der Waals surface area contributed by atoms with Crippen LogP contribution in [0.3, 0.4) is 0 Å². The highest BCUT2D eigenvalue weighted by atomic mass is 32.2. The molecule has 0 saturated carbocycles. The van der Waals surface area contributed by atoms with Gasteiger partial charge in [0.1, 0.15) is 5.03 Å². The van der Waals surface area contributed by atoms with E-state index in [0.717, 1.165) is 47.2 Å². The van der Waals surface area contributed by atoms with Crippen LogP contribution in [0.25, 0.3) is 0 Å². The lowest BCUT2D eigenvalue weighted by atomic mass is 9.97. The van der Waals surface area contributed by atoms with Gasteiger partial charge in [-0.25, -0.2) is 9.97 Å². The third kappa shape index (κ3) is 5.44. The monoisotopic (exact) mass is 432 g/mol. The molecular weight excluding hydrogens is 404 g/mol. The van der Waals surface area contributed by atoms with E-state index in [9.17, 15) is 4.79 Å². The van der Waals surface area contributed by atoms with Crippen molar-refractivity contribution in [3.63, 3.8) is 0 Å². The first-order valence-electron chi connectivity index (χ1n) is 10.8. The van der Waals surface area contributed by atoms with Crippen LogP contribution in [-0.4, -0.2) is 29.0 Å². The van der Waals surface area contributed by atoms with E-state index in [1.165, 1.54) is 11.1 Å². The number of hydrogen-bond donors (Lipinski definition) is 1. The van der Waals surface area contributed by atoms with Gasteiger partial charge in [0, 0.05) is 36.1 Å². The Morgan fingerprint density at radius 1 is 1.16 bits per heavy atom. The summed E-state index contributed by atoms with van der Waals surface area (Å²) in [5.41, 5.74) is 3.34. The molecule has 3 aromatic rings. The second kappa shape index (κ2) is 9.96. The molecule has 5 nitrogen and oxygen atoms in total. The van der Waals surface area contributed by atoms with Gasteiger partial charge in [0.15, 0.2) is 5.82 Å². The smallest absolute Gasteiger partial charge is 0.229 e. The molecule has 0 spiro atoms. The Kier molecular flexibility index (Phi) is 6.87. The van der Waals surface area contributed by atoms with Crippen LogP contribution in [0, 0.1) is 12.8 Å². The highest BCUT2D eigenvalue weighted by Gasteiger charge is 2.28. The van der Waals surface area contributed by atoms with Gasteiger partial charge in [0.05, 0.1) is 5.92 Å². The van der Waals surface area contributed by atoms with E-state index in [2.05, 4.69) is 70.4 Å². The van der Waals surface area contributed by atoms with Crippen molar-refractivity contribution in [3.8, 4) is 0 Å². The lowest BCUT2D eigenvalue weighted by Gasteiger charge is -2.33. The van der Waals surface area contributed by atoms with E-state index in [0.29, 0.717) is 6.54 Å². The molecule has 1 amide bonds. The van der Waals surface area contributed by atoms with Gasteiger partial charge in [-0.2, -0.15) is 0 Å². The molecule has 6 heteroatoms. The van der Waals surface area contributed by atoms with Crippen LogP contribution in [0.5, 0.6) is 0 Å². The van der Waals surface area contributed by atoms with Crippen molar-refractivity contribution in [3.05, 3.63) is 72.1 Å². The minimum absolute atomic E-state index is 0.0709. The number of rotatable bonds is 6. The Morgan fingerprint density at radius 2 is 1.97 bits per heavy atom. The number of anilines is 2. The van der Waals surface area contributed by atoms with Crippen molar-refractivity contribution in [2.24, 2.45) is 5.92 Å². The standard InChI is InChI=1S/C25H28N4OS/c1-3-19-9-11-21(12-10-19)28-24(30)20-7-5-15-29(17-20)23-25(27-14-13-26-23)31-22-8-4-6-18(2)16-22/h4,6,8-14,16,20H,3,5,7,15,17H2,1-2H3,(H,28,30)/t20-/m1/s1. The number of carbonyl (C=O) groups is 1. The van der Waals surface area contributed by atoms with Crippen molar-refractivity contribution in [2.45, 2.75) is 43.0 Å². The van der Waals surface area contributed by atoms with Crippen molar-refractivity contribution in [2.75, 3.05) is 23.3 Å². The predicted molar refractivity (Wildman–Crippen MR) is 127 cm³/mol. The van der Waals surface area contributed by atoms with Crippen molar-refractivity contribution < 1.29 is 4.79 Å². The molecule has 160 valence electrons. The van der Waals surface area contributed by atoms with Crippen LogP contribution in [-0.2, 0) is 11.2 Å². The largest absolute Gasteiger partial charge is 0.354 e. The first kappa shape index (κ1) is 21.4. The molecule has 31 heavy (non-hydrogen) atoms. The van der Waals surface area contributed by atoms with Gasteiger partial charge in [-0.1, -0.05) is 48.5 Å². The molecule has 0 bridgehead atoms. The number of benzene rings is 2. The molecule has 1 fully saturated rings. The van der Waals surface area contributed by atoms with Gasteiger partial charge in [0.25, 0.3) is 0 Å². The number of carbonyl (C=O) groups excluding carboxylic acids is 1. The van der Waals surface area contributed by atoms with Gasteiger partial charge in [-0.15, -0.1) is 0 Å². The molecule has 4 rings (SSSR count). The third-order valence-electron chi connectivity index (χ3n) is 5.57. The number of aromatic nitrogens is 2. The molecule has 1 atom stereocenters. The number of hydrogen-bond acceptors (Lipinski definition) is 5. The lowest BCUT2D eigenvalue weighted by Crippen LogP contribution is -2.41. The zero-order chi connectivity index (χ0) is 21.6. The molecule has 0 aliphatic carbocycles. The summed E-state index contributed by atoms with van der Waals surface area (Å²) in [7, 11) is 0. The molecule has 1 aliphatic rings. The maximum atomic E-state index is 12.9. The number of nitrogens with zero attached hydrogens (tertiary/aromatic N) is 3. The quantitative estimate of drug-likeness (QED) is 0.569. The second-order valence-corrected chi connectivity index (χ2v) is 8.99. The van der Waals surface area contributed by atoms with Crippen molar-refractivity contribution >= 4 is 29.2 Å². The summed E-state index contributed by atoms with van der Waals surface area (Å²) in [6, 6.07) is 16.5. The summed E-state index contributed by atoms with van der Waals surface area (Å²) in [6.45, 7) is 5.75. The first-order chi connectivity index (χ1) is 15.1. The number of amides is 1. The second-order valence-electron chi connectivity index (χ2n) is 7.93. The average molecular weight is 433 g/mol. The highest BCUT2D eigenvalue weighted by Crippen LogP contribution is 2.34. The summed E-state index contributed by atoms with van der Waals surface area (Å²) in [4.78, 5) is 25.5. The Bertz CT molecular complexity index is 1040. The van der Waals surface area contributed by atoms with E-state index in [4.69, 9.17) is 0 Å². The fourth-order valence-corrected chi connectivity index (χ4v) is 4.85. The maximum absolute atomic E-state index is 12.9. The van der Waals surface area contributed by atoms with Crippen LogP contribution in [0.2, 0.25) is 0 Å². The first-order valence-corrected chi connectivity index (χ1v) is 11.6. The van der Waals surface area contributed by atoms with Gasteiger partial charge in [0.2, 0.25) is 5.91 Å². The van der Waals surface area contributed by atoms with Gasteiger partial charge >= 0.3 is 0 Å². The Hall–Kier alpha value is -2.86. The zero-order valence-electron chi connectivity index (χ0n) is 18.0. The van der Waals surface area contributed by atoms with Crippen molar-refractivity contribution in [1.82, 2.24) is 9.97 Å². The Labute approximate surface area is 188 Å². The van der Waals surface area contributed by atoms with Crippen molar-refractivity contribution in [1.29, 1.82) is 0 Å². The third-order valence-corrected chi connectivity index (χ3v) is 6.54. The van der Waals surface area contributed by atoms with Crippen LogP contribution in [0.1, 0.15) is 30.9 Å². The Balaban J connectivity index is 1.46. The summed E-state index contributed by atoms with van der Waals surface area (Å²) >= 11 is 1.62. The van der Waals surface area contributed by atoms with E-state index >= 15 is 0 Å². The van der Waals surface area contributed by atoms with Crippen LogP contribution in [0.15, 0.2) is 70.8 Å². The van der Waals surface area contributed by atoms with E-state index in [1.807, 2.05) is 12.1 Å². The fraction of sp³-hybridized carbons (Fsp3) is 0.320. The lowest BCUT2D eigenvalue weighted by molar-refractivity contribution is -0.120. The molecule has 2 aromatic carbocycles. The van der Waals surface area contributed by atoms with E-state index in [1.54, 1.807) is 24.2 Å². The van der Waals surface area contributed by atoms with Gasteiger partial charge in [-0.05, 0) is 56.0 Å². The number of aryl methyl sites for hydroxylation is 2. The van der Waals surface area contributed by atoms with Crippen LogP contribution >= 0.6 is 11.8 Å². The van der Waals surface area contributed by atoms with Gasteiger partial charge < -0.3 is 10.2 Å². The normalized spacial score (nSPS) is 16.2. The Morgan fingerprint density at radius 3 is 2.74 bits per heavy atom. The minimum Gasteiger partial charge on any atom is -0.354 e. The summed E-state index contributed by atoms with van der Waals surface area (Å²) in [5, 5.41) is 3.97. The van der Waals surface area contributed by atoms with E-state index < -0.39 is 0 Å². The molecule has 1 aliphatic heterocycles. The summed E-state index contributed by atoms with van der Waals surface area (Å²) in [6.07, 6.45) is 6.30. The van der Waals surface area contributed by atoms with E-state index in [-0.39, 0.29) is 11.8 Å². The fourth-order valence-electron chi connectivity index (χ4n) is 3.85. The van der Waals surface area contributed by atoms with Crippen LogP contribution < -0.4 is 10.2 Å². The summed E-state index contributed by atoms with van der Waals surface area (Å²) in [5.74, 6) is 0.864. The molecule has 1 saturated heterocycles. The minimum atomic E-state index is -0.0709. The van der Waals surface area contributed by atoms with Crippen LogP contribution in [0.4, 0.5) is 11.5 Å². The molecule has 0 radical (unpaired) electrons. The molecule has 1 aromatic heterocycles. The number of nitrogens with one attached hydrogen (secondary N) is 1. The highest BCUT2D eigenvalue weighted by molar-refractivity contribution is 7.99. The maximum Gasteiger partial charge on any atom is 0.229 e. The topological polar surface area (TPSA) is 58.1 Å². The summed E-state index contributed by atoms with van der Waals surface area (Å²) < 4.78 is 0. The molecular formula is C25H28N4OS. The SMILES string of the molecule is CCc1ccc(NC(=O)[C@@H]2CCCN(c3nccnc3Sc3cccc(C)c3)C2)cc1. The predicted octanol–water partition coefficient (Wildman–Crippen LogP) is 5.35. The number of piperidine rings is 1. The zero-order valence-corrected chi connectivity index (χ0v) is 18.9. The average Bonchev–Trinajstić information content (AvgIpc) is 2.80. The molecule has 1 N–H and O–H groups in total. The van der Waals surface area contributed by atoms with Gasteiger partial charge in [-0.3, -0.25) is 4.79 Å². The molecule has 0 unspecified atom stereocenters. The molecule has 2 heterocycles.